The van der Waals surface area contributed by atoms with Gasteiger partial charge in [-0.2, -0.15) is 0 Å². The number of carbonyl (C=O) groups excluding carboxylic acids is 3. The van der Waals surface area contributed by atoms with E-state index in [2.05, 4.69) is 11.9 Å². The second kappa shape index (κ2) is 3.86. The molecule has 5 heteroatoms. The van der Waals surface area contributed by atoms with E-state index in [-0.39, 0.29) is 5.70 Å². The highest BCUT2D eigenvalue weighted by molar-refractivity contribution is 6.24. The van der Waals surface area contributed by atoms with Crippen molar-refractivity contribution in [3.63, 3.8) is 0 Å². The predicted octanol–water partition coefficient (Wildman–Crippen LogP) is 0.542. The number of rotatable bonds is 2. The Labute approximate surface area is 97.7 Å². The predicted molar refractivity (Wildman–Crippen MR) is 60.1 cm³/mol. The molecule has 1 heterocycles. The highest BCUT2D eigenvalue weighted by Crippen LogP contribution is 2.25. The van der Waals surface area contributed by atoms with E-state index in [1.54, 1.807) is 24.3 Å². The maximum atomic E-state index is 11.9. The minimum absolute atomic E-state index is 0.168. The van der Waals surface area contributed by atoms with Gasteiger partial charge >= 0.3 is 0 Å². The van der Waals surface area contributed by atoms with E-state index < -0.39 is 17.7 Å². The van der Waals surface area contributed by atoms with Crippen LogP contribution in [0.25, 0.3) is 0 Å². The van der Waals surface area contributed by atoms with Gasteiger partial charge in [-0.1, -0.05) is 18.7 Å². The summed E-state index contributed by atoms with van der Waals surface area (Å²) in [6, 6.07) is 6.42. The van der Waals surface area contributed by atoms with E-state index in [1.165, 1.54) is 7.05 Å². The third-order valence-electron chi connectivity index (χ3n) is 2.55. The van der Waals surface area contributed by atoms with E-state index in [9.17, 15) is 14.4 Å². The number of likely N-dealkylation sites (N-methyl/N-ethyl adjacent to an activating group) is 1. The average molecular weight is 230 g/mol. The van der Waals surface area contributed by atoms with Crippen LogP contribution >= 0.6 is 0 Å². The fourth-order valence-electron chi connectivity index (χ4n) is 1.68. The summed E-state index contributed by atoms with van der Waals surface area (Å²) >= 11 is 0. The molecule has 17 heavy (non-hydrogen) atoms. The van der Waals surface area contributed by atoms with Crippen molar-refractivity contribution in [2.75, 3.05) is 7.05 Å². The molecule has 0 spiro atoms. The number of nitrogens with zero attached hydrogens (tertiary/aromatic N) is 1. The van der Waals surface area contributed by atoms with Crippen LogP contribution in [0.4, 0.5) is 0 Å². The molecule has 0 radical (unpaired) electrons. The van der Waals surface area contributed by atoms with Crippen molar-refractivity contribution in [1.29, 1.82) is 0 Å². The molecule has 0 bridgehead atoms. The van der Waals surface area contributed by atoms with Gasteiger partial charge in [-0.3, -0.25) is 14.4 Å². The quantitative estimate of drug-likeness (QED) is 0.595. The molecule has 1 aromatic carbocycles. The molecule has 0 aliphatic carbocycles. The number of amides is 3. The van der Waals surface area contributed by atoms with Crippen LogP contribution in [0.5, 0.6) is 0 Å². The van der Waals surface area contributed by atoms with Crippen LogP contribution in [0.1, 0.15) is 20.7 Å². The molecular weight excluding hydrogens is 220 g/mol. The third kappa shape index (κ3) is 1.52. The molecule has 2 rings (SSSR count). The summed E-state index contributed by atoms with van der Waals surface area (Å²) in [7, 11) is 1.41. The molecule has 1 aromatic rings. The number of carbonyl (C=O) groups is 3. The van der Waals surface area contributed by atoms with Gasteiger partial charge in [-0.15, -0.1) is 0 Å². The lowest BCUT2D eigenvalue weighted by atomic mass is 10.1. The summed E-state index contributed by atoms with van der Waals surface area (Å²) in [4.78, 5) is 36.0. The topological polar surface area (TPSA) is 66.5 Å². The number of fused-ring (bicyclic) bond motifs is 1. The molecule has 0 saturated carbocycles. The summed E-state index contributed by atoms with van der Waals surface area (Å²) in [5, 5.41) is 2.32. The number of nitrogens with one attached hydrogen (secondary N) is 1. The third-order valence-corrected chi connectivity index (χ3v) is 2.55. The van der Waals surface area contributed by atoms with Gasteiger partial charge in [0.1, 0.15) is 5.70 Å². The molecule has 1 aliphatic rings. The number of imide groups is 1. The normalized spacial score (nSPS) is 13.6. The second-order valence-corrected chi connectivity index (χ2v) is 3.52. The molecule has 0 fully saturated rings. The van der Waals surface area contributed by atoms with Crippen LogP contribution in [0.15, 0.2) is 36.5 Å². The fraction of sp³-hybridized carbons (Fsp3) is 0.0833. The zero-order chi connectivity index (χ0) is 12.6. The summed E-state index contributed by atoms with van der Waals surface area (Å²) in [5.41, 5.74) is 0.420. The first-order valence-corrected chi connectivity index (χ1v) is 4.96. The molecular formula is C12H10N2O3. The van der Waals surface area contributed by atoms with E-state index in [0.29, 0.717) is 11.1 Å². The molecule has 1 N–H and O–H groups in total. The Bertz CT molecular complexity index is 513. The van der Waals surface area contributed by atoms with Gasteiger partial charge in [0.05, 0.1) is 11.1 Å². The first-order valence-electron chi connectivity index (χ1n) is 4.96. The lowest BCUT2D eigenvalue weighted by Crippen LogP contribution is -2.36. The number of hydrogen-bond donors (Lipinski definition) is 1. The fourth-order valence-corrected chi connectivity index (χ4v) is 1.68. The van der Waals surface area contributed by atoms with Crippen molar-refractivity contribution in [2.45, 2.75) is 0 Å². The molecule has 3 amide bonds. The Morgan fingerprint density at radius 3 is 2.06 bits per heavy atom. The van der Waals surface area contributed by atoms with Crippen LogP contribution in [-0.2, 0) is 4.79 Å². The molecule has 1 aliphatic heterocycles. The number of benzene rings is 1. The van der Waals surface area contributed by atoms with Crippen molar-refractivity contribution in [3.05, 3.63) is 47.7 Å². The van der Waals surface area contributed by atoms with Crippen LogP contribution in [0, 0.1) is 0 Å². The Morgan fingerprint density at radius 2 is 1.65 bits per heavy atom. The minimum Gasteiger partial charge on any atom is -0.354 e. The summed E-state index contributed by atoms with van der Waals surface area (Å²) in [6.45, 7) is 3.46. The SMILES string of the molecule is C=C(C(=O)NC)N1C(=O)c2ccccc2C1=O. The average Bonchev–Trinajstić information content (AvgIpc) is 2.61. The first-order chi connectivity index (χ1) is 8.07. The highest BCUT2D eigenvalue weighted by atomic mass is 16.2. The largest absolute Gasteiger partial charge is 0.354 e. The van der Waals surface area contributed by atoms with Gasteiger partial charge in [0.25, 0.3) is 17.7 Å². The van der Waals surface area contributed by atoms with Gasteiger partial charge in [-0.25, -0.2) is 4.90 Å². The van der Waals surface area contributed by atoms with Crippen molar-refractivity contribution in [3.8, 4) is 0 Å². The van der Waals surface area contributed by atoms with Gasteiger partial charge in [-0.05, 0) is 12.1 Å². The van der Waals surface area contributed by atoms with Crippen molar-refractivity contribution < 1.29 is 14.4 Å². The van der Waals surface area contributed by atoms with Gasteiger partial charge < -0.3 is 5.32 Å². The zero-order valence-corrected chi connectivity index (χ0v) is 9.19. The van der Waals surface area contributed by atoms with Crippen LogP contribution in [0.2, 0.25) is 0 Å². The smallest absolute Gasteiger partial charge is 0.267 e. The Hall–Kier alpha value is -2.43. The highest BCUT2D eigenvalue weighted by Gasteiger charge is 2.38. The van der Waals surface area contributed by atoms with Crippen LogP contribution in [-0.4, -0.2) is 29.7 Å². The number of hydrogen-bond acceptors (Lipinski definition) is 3. The lowest BCUT2D eigenvalue weighted by Gasteiger charge is -2.14. The van der Waals surface area contributed by atoms with E-state index >= 15 is 0 Å². The second-order valence-electron chi connectivity index (χ2n) is 3.52. The van der Waals surface area contributed by atoms with E-state index in [1.807, 2.05) is 0 Å². The molecule has 0 aromatic heterocycles. The Kier molecular flexibility index (Phi) is 2.51. The monoisotopic (exact) mass is 230 g/mol. The zero-order valence-electron chi connectivity index (χ0n) is 9.19. The maximum absolute atomic E-state index is 11.9. The molecule has 86 valence electrons. The van der Waals surface area contributed by atoms with Crippen LogP contribution < -0.4 is 5.32 Å². The molecule has 5 nitrogen and oxygen atoms in total. The van der Waals surface area contributed by atoms with Gasteiger partial charge in [0.2, 0.25) is 0 Å². The summed E-state index contributed by atoms with van der Waals surface area (Å²) in [5.74, 6) is -1.59. The summed E-state index contributed by atoms with van der Waals surface area (Å²) in [6.07, 6.45) is 0. The maximum Gasteiger partial charge on any atom is 0.267 e. The Morgan fingerprint density at radius 1 is 1.18 bits per heavy atom. The first kappa shape index (κ1) is 11.1. The van der Waals surface area contributed by atoms with Gasteiger partial charge in [0.15, 0.2) is 0 Å². The minimum atomic E-state index is -0.556. The lowest BCUT2D eigenvalue weighted by molar-refractivity contribution is -0.118. The molecule has 0 unspecified atom stereocenters. The molecule has 0 atom stereocenters. The standard InChI is InChI=1S/C12H10N2O3/c1-7(10(15)13-2)14-11(16)8-5-3-4-6-9(8)12(14)17/h3-6H,1H2,2H3,(H,13,15). The van der Waals surface area contributed by atoms with E-state index in [0.717, 1.165) is 4.90 Å². The van der Waals surface area contributed by atoms with Crippen LogP contribution in [0.3, 0.4) is 0 Å². The summed E-state index contributed by atoms with van der Waals surface area (Å²) < 4.78 is 0. The molecule has 0 saturated heterocycles. The van der Waals surface area contributed by atoms with Crippen molar-refractivity contribution >= 4 is 17.7 Å². The van der Waals surface area contributed by atoms with E-state index in [4.69, 9.17) is 0 Å². The van der Waals surface area contributed by atoms with Crippen molar-refractivity contribution in [2.24, 2.45) is 0 Å². The van der Waals surface area contributed by atoms with Crippen molar-refractivity contribution in [1.82, 2.24) is 10.2 Å². The Balaban J connectivity index is 2.43. The van der Waals surface area contributed by atoms with Gasteiger partial charge in [0, 0.05) is 7.05 Å².